The maximum atomic E-state index is 5.66. The van der Waals surface area contributed by atoms with Crippen molar-refractivity contribution < 1.29 is 0 Å². The van der Waals surface area contributed by atoms with Crippen LogP contribution in [0.25, 0.3) is 0 Å². The SMILES string of the molecule is CC(C)C1CCCN(CCc2csc(N)n2)CC1. The van der Waals surface area contributed by atoms with E-state index in [4.69, 9.17) is 5.73 Å². The molecule has 0 aliphatic carbocycles. The van der Waals surface area contributed by atoms with Crippen molar-refractivity contribution in [2.75, 3.05) is 25.4 Å². The van der Waals surface area contributed by atoms with Crippen molar-refractivity contribution in [2.24, 2.45) is 11.8 Å². The molecule has 1 unspecified atom stereocenters. The monoisotopic (exact) mass is 267 g/mol. The second kappa shape index (κ2) is 6.53. The van der Waals surface area contributed by atoms with E-state index in [9.17, 15) is 0 Å². The molecular formula is C14H25N3S. The van der Waals surface area contributed by atoms with Gasteiger partial charge in [0.1, 0.15) is 0 Å². The zero-order valence-electron chi connectivity index (χ0n) is 11.6. The number of nitrogen functional groups attached to an aromatic ring is 1. The van der Waals surface area contributed by atoms with Crippen LogP contribution in [0.1, 0.15) is 38.8 Å². The van der Waals surface area contributed by atoms with E-state index in [2.05, 4.69) is 29.1 Å². The van der Waals surface area contributed by atoms with Crippen LogP contribution in [0.3, 0.4) is 0 Å². The van der Waals surface area contributed by atoms with Crippen molar-refractivity contribution in [2.45, 2.75) is 39.5 Å². The van der Waals surface area contributed by atoms with Crippen molar-refractivity contribution in [1.82, 2.24) is 9.88 Å². The molecule has 0 radical (unpaired) electrons. The Morgan fingerprint density at radius 2 is 2.28 bits per heavy atom. The predicted octanol–water partition coefficient (Wildman–Crippen LogP) is 3.03. The van der Waals surface area contributed by atoms with Gasteiger partial charge in [0, 0.05) is 18.3 Å². The fraction of sp³-hybridized carbons (Fsp3) is 0.786. The van der Waals surface area contributed by atoms with E-state index >= 15 is 0 Å². The van der Waals surface area contributed by atoms with Gasteiger partial charge in [-0.1, -0.05) is 13.8 Å². The molecule has 1 aromatic heterocycles. The van der Waals surface area contributed by atoms with Crippen LogP contribution in [0.5, 0.6) is 0 Å². The molecule has 2 N–H and O–H groups in total. The average Bonchev–Trinajstić information content (AvgIpc) is 2.62. The number of thiazole rings is 1. The zero-order chi connectivity index (χ0) is 13.0. The summed E-state index contributed by atoms with van der Waals surface area (Å²) in [5.41, 5.74) is 6.81. The second-order valence-corrected chi connectivity index (χ2v) is 6.59. The lowest BCUT2D eigenvalue weighted by Crippen LogP contribution is -2.27. The molecule has 0 aromatic carbocycles. The average molecular weight is 267 g/mol. The standard InChI is InChI=1S/C14H25N3S/c1-11(2)12-4-3-7-17(8-5-12)9-6-13-10-18-14(15)16-13/h10-12H,3-9H2,1-2H3,(H2,15,16). The summed E-state index contributed by atoms with van der Waals surface area (Å²) in [5, 5.41) is 2.78. The molecule has 0 bridgehead atoms. The van der Waals surface area contributed by atoms with Gasteiger partial charge < -0.3 is 10.6 Å². The Hall–Kier alpha value is -0.610. The highest BCUT2D eigenvalue weighted by Gasteiger charge is 2.19. The molecule has 4 heteroatoms. The Bertz CT molecular complexity index is 362. The third-order valence-electron chi connectivity index (χ3n) is 4.06. The molecule has 0 saturated carbocycles. The van der Waals surface area contributed by atoms with Crippen LogP contribution in [0.4, 0.5) is 5.13 Å². The van der Waals surface area contributed by atoms with Crippen LogP contribution in [0.2, 0.25) is 0 Å². The van der Waals surface area contributed by atoms with Crippen molar-refractivity contribution in [3.05, 3.63) is 11.1 Å². The molecule has 0 amide bonds. The summed E-state index contributed by atoms with van der Waals surface area (Å²) in [7, 11) is 0. The van der Waals surface area contributed by atoms with E-state index in [1.165, 1.54) is 32.4 Å². The molecule has 2 rings (SSSR count). The lowest BCUT2D eigenvalue weighted by Gasteiger charge is -2.20. The highest BCUT2D eigenvalue weighted by Crippen LogP contribution is 2.24. The van der Waals surface area contributed by atoms with Crippen LogP contribution < -0.4 is 5.73 Å². The van der Waals surface area contributed by atoms with E-state index in [1.807, 2.05) is 0 Å². The van der Waals surface area contributed by atoms with Crippen LogP contribution >= 0.6 is 11.3 Å². The Balaban J connectivity index is 1.77. The van der Waals surface area contributed by atoms with Gasteiger partial charge in [-0.25, -0.2) is 4.98 Å². The predicted molar refractivity (Wildman–Crippen MR) is 78.8 cm³/mol. The topological polar surface area (TPSA) is 42.1 Å². The van der Waals surface area contributed by atoms with Crippen LogP contribution in [-0.2, 0) is 6.42 Å². The van der Waals surface area contributed by atoms with Gasteiger partial charge in [-0.15, -0.1) is 11.3 Å². The second-order valence-electron chi connectivity index (χ2n) is 5.70. The summed E-state index contributed by atoms with van der Waals surface area (Å²) in [6.45, 7) is 8.36. The van der Waals surface area contributed by atoms with Crippen molar-refractivity contribution in [3.8, 4) is 0 Å². The van der Waals surface area contributed by atoms with Crippen LogP contribution in [0.15, 0.2) is 5.38 Å². The molecule has 1 aliphatic heterocycles. The summed E-state index contributed by atoms with van der Waals surface area (Å²) in [6.07, 6.45) is 5.15. The molecule has 1 aromatic rings. The Morgan fingerprint density at radius 1 is 1.44 bits per heavy atom. The Morgan fingerprint density at radius 3 is 2.94 bits per heavy atom. The number of rotatable bonds is 4. The molecular weight excluding hydrogens is 242 g/mol. The zero-order valence-corrected chi connectivity index (χ0v) is 12.4. The summed E-state index contributed by atoms with van der Waals surface area (Å²) in [4.78, 5) is 6.93. The summed E-state index contributed by atoms with van der Waals surface area (Å²) < 4.78 is 0. The van der Waals surface area contributed by atoms with E-state index in [0.29, 0.717) is 5.13 Å². The van der Waals surface area contributed by atoms with E-state index in [1.54, 1.807) is 11.3 Å². The van der Waals surface area contributed by atoms with Gasteiger partial charge in [0.25, 0.3) is 0 Å². The van der Waals surface area contributed by atoms with Gasteiger partial charge >= 0.3 is 0 Å². The largest absolute Gasteiger partial charge is 0.375 e. The molecule has 18 heavy (non-hydrogen) atoms. The van der Waals surface area contributed by atoms with Crippen molar-refractivity contribution in [1.29, 1.82) is 0 Å². The number of hydrogen-bond donors (Lipinski definition) is 1. The van der Waals surface area contributed by atoms with E-state index in [0.717, 1.165) is 30.5 Å². The summed E-state index contributed by atoms with van der Waals surface area (Å²) in [5.74, 6) is 1.76. The lowest BCUT2D eigenvalue weighted by molar-refractivity contribution is 0.274. The lowest BCUT2D eigenvalue weighted by atomic mass is 9.89. The normalized spacial score (nSPS) is 22.3. The molecule has 1 atom stereocenters. The van der Waals surface area contributed by atoms with Gasteiger partial charge in [-0.3, -0.25) is 0 Å². The third kappa shape index (κ3) is 3.95. The van der Waals surface area contributed by atoms with Gasteiger partial charge in [0.15, 0.2) is 5.13 Å². The molecule has 102 valence electrons. The minimum absolute atomic E-state index is 0.695. The first-order valence-corrected chi connectivity index (χ1v) is 7.95. The minimum atomic E-state index is 0.695. The van der Waals surface area contributed by atoms with Gasteiger partial charge in [0.2, 0.25) is 0 Å². The van der Waals surface area contributed by atoms with Crippen molar-refractivity contribution >= 4 is 16.5 Å². The summed E-state index contributed by atoms with van der Waals surface area (Å²) >= 11 is 1.55. The number of aromatic nitrogens is 1. The maximum absolute atomic E-state index is 5.66. The smallest absolute Gasteiger partial charge is 0.180 e. The number of anilines is 1. The molecule has 1 fully saturated rings. The number of likely N-dealkylation sites (tertiary alicyclic amines) is 1. The Labute approximate surface area is 114 Å². The number of hydrogen-bond acceptors (Lipinski definition) is 4. The van der Waals surface area contributed by atoms with Crippen LogP contribution in [0, 0.1) is 11.8 Å². The molecule has 0 spiro atoms. The molecule has 3 nitrogen and oxygen atoms in total. The van der Waals surface area contributed by atoms with Gasteiger partial charge in [-0.05, 0) is 44.2 Å². The highest BCUT2D eigenvalue weighted by atomic mass is 32.1. The third-order valence-corrected chi connectivity index (χ3v) is 4.78. The minimum Gasteiger partial charge on any atom is -0.375 e. The molecule has 1 saturated heterocycles. The molecule has 2 heterocycles. The van der Waals surface area contributed by atoms with E-state index in [-0.39, 0.29) is 0 Å². The van der Waals surface area contributed by atoms with Gasteiger partial charge in [0.05, 0.1) is 5.69 Å². The molecule has 1 aliphatic rings. The quantitative estimate of drug-likeness (QED) is 0.912. The maximum Gasteiger partial charge on any atom is 0.180 e. The van der Waals surface area contributed by atoms with Gasteiger partial charge in [-0.2, -0.15) is 0 Å². The van der Waals surface area contributed by atoms with E-state index < -0.39 is 0 Å². The fourth-order valence-electron chi connectivity index (χ4n) is 2.78. The van der Waals surface area contributed by atoms with Crippen LogP contribution in [-0.4, -0.2) is 29.5 Å². The number of nitrogens with two attached hydrogens (primary N) is 1. The first-order chi connectivity index (χ1) is 8.65. The van der Waals surface area contributed by atoms with Crippen molar-refractivity contribution in [3.63, 3.8) is 0 Å². The first-order valence-electron chi connectivity index (χ1n) is 7.07. The fourth-order valence-corrected chi connectivity index (χ4v) is 3.38. The number of nitrogens with zero attached hydrogens (tertiary/aromatic N) is 2. The Kier molecular flexibility index (Phi) is 5.01. The first kappa shape index (κ1) is 13.8. The highest BCUT2D eigenvalue weighted by molar-refractivity contribution is 7.13. The summed E-state index contributed by atoms with van der Waals surface area (Å²) in [6, 6.07) is 0.